The second-order valence-corrected chi connectivity index (χ2v) is 4.57. The van der Waals surface area contributed by atoms with E-state index in [4.69, 9.17) is 9.47 Å². The quantitative estimate of drug-likeness (QED) is 0.787. The van der Waals surface area contributed by atoms with Crippen molar-refractivity contribution >= 4 is 0 Å². The summed E-state index contributed by atoms with van der Waals surface area (Å²) in [6.07, 6.45) is -0.600. The Labute approximate surface area is 119 Å². The lowest BCUT2D eigenvalue weighted by atomic mass is 10.0. The molecular weight excluding hydrogens is 252 g/mol. The van der Waals surface area contributed by atoms with E-state index in [0.29, 0.717) is 13.2 Å². The second-order valence-electron chi connectivity index (χ2n) is 4.57. The molecule has 0 aliphatic carbocycles. The van der Waals surface area contributed by atoms with Crippen molar-refractivity contribution in [2.45, 2.75) is 6.10 Å². The molecule has 0 bridgehead atoms. The first kappa shape index (κ1) is 14.7. The van der Waals surface area contributed by atoms with Crippen molar-refractivity contribution in [1.82, 2.24) is 0 Å². The van der Waals surface area contributed by atoms with E-state index in [1.54, 1.807) is 7.11 Å². The van der Waals surface area contributed by atoms with Gasteiger partial charge in [-0.2, -0.15) is 0 Å². The Balaban J connectivity index is 1.94. The number of rotatable bonds is 7. The molecule has 0 spiro atoms. The Morgan fingerprint density at radius 3 is 2.20 bits per heavy atom. The fraction of sp³-hybridized carbons (Fsp3) is 0.294. The van der Waals surface area contributed by atoms with E-state index in [0.717, 1.165) is 11.1 Å². The molecule has 2 rings (SSSR count). The van der Waals surface area contributed by atoms with Gasteiger partial charge in [0.05, 0.1) is 19.8 Å². The molecule has 1 N–H and O–H groups in total. The highest BCUT2D eigenvalue weighted by molar-refractivity contribution is 5.63. The first-order valence-electron chi connectivity index (χ1n) is 6.71. The molecule has 20 heavy (non-hydrogen) atoms. The van der Waals surface area contributed by atoms with Gasteiger partial charge in [-0.15, -0.1) is 0 Å². The minimum absolute atomic E-state index is 0.286. The number of methoxy groups -OCH3 is 1. The van der Waals surface area contributed by atoms with Crippen molar-refractivity contribution in [1.29, 1.82) is 0 Å². The van der Waals surface area contributed by atoms with Crippen molar-refractivity contribution in [3.05, 3.63) is 60.2 Å². The van der Waals surface area contributed by atoms with Crippen LogP contribution in [0.4, 0.5) is 0 Å². The van der Waals surface area contributed by atoms with Gasteiger partial charge in [-0.3, -0.25) is 0 Å². The predicted molar refractivity (Wildman–Crippen MR) is 79.5 cm³/mol. The highest BCUT2D eigenvalue weighted by atomic mass is 16.5. The number of hydrogen-bond acceptors (Lipinski definition) is 3. The molecule has 106 valence electrons. The van der Waals surface area contributed by atoms with E-state index in [1.807, 2.05) is 42.5 Å². The average Bonchev–Trinajstić information content (AvgIpc) is 2.52. The van der Waals surface area contributed by atoms with Gasteiger partial charge in [0, 0.05) is 7.11 Å². The molecule has 0 aliphatic heterocycles. The first-order valence-corrected chi connectivity index (χ1v) is 6.71. The first-order chi connectivity index (χ1) is 9.81. The molecule has 2 aromatic rings. The van der Waals surface area contributed by atoms with E-state index in [9.17, 15) is 5.11 Å². The maximum absolute atomic E-state index is 10.0. The van der Waals surface area contributed by atoms with Crippen molar-refractivity contribution in [2.75, 3.05) is 26.9 Å². The Morgan fingerprint density at radius 1 is 0.900 bits per heavy atom. The van der Waals surface area contributed by atoms with Gasteiger partial charge in [-0.25, -0.2) is 0 Å². The van der Waals surface area contributed by atoms with E-state index in [1.165, 1.54) is 5.56 Å². The Kier molecular flexibility index (Phi) is 5.74. The molecule has 1 unspecified atom stereocenters. The lowest BCUT2D eigenvalue weighted by Gasteiger charge is -2.12. The minimum atomic E-state index is -0.600. The normalized spacial score (nSPS) is 12.3. The summed E-state index contributed by atoms with van der Waals surface area (Å²) >= 11 is 0. The van der Waals surface area contributed by atoms with Gasteiger partial charge >= 0.3 is 0 Å². The molecule has 0 aliphatic rings. The van der Waals surface area contributed by atoms with E-state index < -0.39 is 6.10 Å². The summed E-state index contributed by atoms with van der Waals surface area (Å²) in [6.45, 7) is 1.32. The van der Waals surface area contributed by atoms with Crippen LogP contribution in [0.3, 0.4) is 0 Å². The highest BCUT2D eigenvalue weighted by Crippen LogP contribution is 2.21. The monoisotopic (exact) mass is 272 g/mol. The maximum Gasteiger partial charge on any atom is 0.102 e. The van der Waals surface area contributed by atoms with Crippen LogP contribution in [-0.4, -0.2) is 32.0 Å². The Morgan fingerprint density at radius 2 is 1.55 bits per heavy atom. The molecule has 0 aromatic heterocycles. The maximum atomic E-state index is 10.0. The van der Waals surface area contributed by atoms with Crippen molar-refractivity contribution in [2.24, 2.45) is 0 Å². The largest absolute Gasteiger partial charge is 0.386 e. The SMILES string of the molecule is COCCOCC(O)c1ccc(-c2ccccc2)cc1. The van der Waals surface area contributed by atoms with Crippen molar-refractivity contribution in [3.63, 3.8) is 0 Å². The number of aliphatic hydroxyl groups is 1. The molecule has 0 amide bonds. The van der Waals surface area contributed by atoms with Gasteiger partial charge in [0.15, 0.2) is 0 Å². The summed E-state index contributed by atoms with van der Waals surface area (Å²) in [5.41, 5.74) is 3.17. The molecule has 0 saturated heterocycles. The summed E-state index contributed by atoms with van der Waals surface area (Å²) in [5, 5.41) is 10.0. The summed E-state index contributed by atoms with van der Waals surface area (Å²) < 4.78 is 10.2. The van der Waals surface area contributed by atoms with Gasteiger partial charge < -0.3 is 14.6 Å². The van der Waals surface area contributed by atoms with Gasteiger partial charge in [0.1, 0.15) is 6.10 Å². The molecular formula is C17H20O3. The fourth-order valence-electron chi connectivity index (χ4n) is 1.96. The summed E-state index contributed by atoms with van der Waals surface area (Å²) in [6, 6.07) is 18.1. The molecule has 0 radical (unpaired) electrons. The average molecular weight is 272 g/mol. The molecule has 3 heteroatoms. The third-order valence-corrected chi connectivity index (χ3v) is 3.11. The molecule has 1 atom stereocenters. The number of hydrogen-bond donors (Lipinski definition) is 1. The predicted octanol–water partition coefficient (Wildman–Crippen LogP) is 3.05. The zero-order valence-electron chi connectivity index (χ0n) is 11.7. The van der Waals surface area contributed by atoms with Crippen LogP contribution in [0.25, 0.3) is 11.1 Å². The summed E-state index contributed by atoms with van der Waals surface area (Å²) in [4.78, 5) is 0. The molecule has 2 aromatic carbocycles. The van der Waals surface area contributed by atoms with E-state index in [-0.39, 0.29) is 6.61 Å². The zero-order valence-corrected chi connectivity index (χ0v) is 11.7. The Hall–Kier alpha value is -1.68. The van der Waals surface area contributed by atoms with Gasteiger partial charge in [-0.1, -0.05) is 54.6 Å². The smallest absolute Gasteiger partial charge is 0.102 e. The highest BCUT2D eigenvalue weighted by Gasteiger charge is 2.07. The van der Waals surface area contributed by atoms with Crippen LogP contribution in [-0.2, 0) is 9.47 Å². The van der Waals surface area contributed by atoms with Crippen LogP contribution in [0.15, 0.2) is 54.6 Å². The number of benzene rings is 2. The van der Waals surface area contributed by atoms with Crippen LogP contribution >= 0.6 is 0 Å². The van der Waals surface area contributed by atoms with Crippen molar-refractivity contribution < 1.29 is 14.6 Å². The van der Waals surface area contributed by atoms with Gasteiger partial charge in [0.2, 0.25) is 0 Å². The minimum Gasteiger partial charge on any atom is -0.386 e. The van der Waals surface area contributed by atoms with Gasteiger partial charge in [0.25, 0.3) is 0 Å². The third-order valence-electron chi connectivity index (χ3n) is 3.11. The summed E-state index contributed by atoms with van der Waals surface area (Å²) in [5.74, 6) is 0. The molecule has 3 nitrogen and oxygen atoms in total. The zero-order chi connectivity index (χ0) is 14.2. The van der Waals surface area contributed by atoms with Crippen LogP contribution in [0, 0.1) is 0 Å². The van der Waals surface area contributed by atoms with Gasteiger partial charge in [-0.05, 0) is 16.7 Å². The van der Waals surface area contributed by atoms with Crippen LogP contribution in [0.2, 0.25) is 0 Å². The van der Waals surface area contributed by atoms with Crippen molar-refractivity contribution in [3.8, 4) is 11.1 Å². The third kappa shape index (κ3) is 4.17. The molecule has 0 saturated carbocycles. The number of aliphatic hydroxyl groups excluding tert-OH is 1. The topological polar surface area (TPSA) is 38.7 Å². The van der Waals surface area contributed by atoms with Crippen LogP contribution in [0.5, 0.6) is 0 Å². The van der Waals surface area contributed by atoms with Crippen LogP contribution in [0.1, 0.15) is 11.7 Å². The van der Waals surface area contributed by atoms with E-state index >= 15 is 0 Å². The molecule has 0 fully saturated rings. The van der Waals surface area contributed by atoms with Crippen LogP contribution < -0.4 is 0 Å². The molecule has 0 heterocycles. The standard InChI is InChI=1S/C17H20O3/c1-19-11-12-20-13-17(18)16-9-7-15(8-10-16)14-5-3-2-4-6-14/h2-10,17-18H,11-13H2,1H3. The Bertz CT molecular complexity index is 493. The lowest BCUT2D eigenvalue weighted by molar-refractivity contribution is 0.0126. The lowest BCUT2D eigenvalue weighted by Crippen LogP contribution is -2.10. The number of ether oxygens (including phenoxy) is 2. The second kappa shape index (κ2) is 7.80. The van der Waals surface area contributed by atoms with E-state index in [2.05, 4.69) is 12.1 Å². The summed E-state index contributed by atoms with van der Waals surface area (Å²) in [7, 11) is 1.63. The fourth-order valence-corrected chi connectivity index (χ4v) is 1.96.